The molecule has 0 N–H and O–H groups in total. The summed E-state index contributed by atoms with van der Waals surface area (Å²) in [6, 6.07) is 14.6. The van der Waals surface area contributed by atoms with Crippen LogP contribution < -0.4 is 0 Å². The minimum atomic E-state index is 0.840. The summed E-state index contributed by atoms with van der Waals surface area (Å²) in [4.78, 5) is 7.46. The van der Waals surface area contributed by atoms with E-state index in [1.165, 1.54) is 5.69 Å². The van der Waals surface area contributed by atoms with Crippen molar-refractivity contribution in [1.82, 2.24) is 19.3 Å². The Morgan fingerprint density at radius 1 is 0.963 bits per heavy atom. The predicted octanol–water partition coefficient (Wildman–Crippen LogP) is 2.74. The Morgan fingerprint density at radius 3 is 2.56 bits per heavy atom. The van der Waals surface area contributed by atoms with Gasteiger partial charge in [0.25, 0.3) is 0 Å². The van der Waals surface area contributed by atoms with E-state index < -0.39 is 0 Å². The van der Waals surface area contributed by atoms with E-state index in [4.69, 9.17) is 0 Å². The van der Waals surface area contributed by atoms with E-state index in [0.29, 0.717) is 0 Å². The number of aromatic nitrogens is 1. The zero-order valence-electron chi connectivity index (χ0n) is 16.4. The second-order valence-corrected chi connectivity index (χ2v) is 7.62. The summed E-state index contributed by atoms with van der Waals surface area (Å²) in [7, 11) is 4.36. The number of hydrogen-bond donors (Lipinski definition) is 0. The molecule has 140 valence electrons. The Labute approximate surface area is 162 Å². The normalized spacial score (nSPS) is 18.2. The molecule has 1 aromatic heterocycles. The third kappa shape index (κ3) is 4.27. The molecular weight excluding hydrogens is 332 g/mol. The third-order valence-corrected chi connectivity index (χ3v) is 5.52. The molecule has 0 radical (unpaired) electrons. The second kappa shape index (κ2) is 8.04. The lowest BCUT2D eigenvalue weighted by Gasteiger charge is -2.42. The van der Waals surface area contributed by atoms with Gasteiger partial charge in [-0.25, -0.2) is 0 Å². The van der Waals surface area contributed by atoms with E-state index in [0.717, 1.165) is 51.4 Å². The number of aryl methyl sites for hydroxylation is 1. The van der Waals surface area contributed by atoms with Crippen LogP contribution in [0.5, 0.6) is 0 Å². The topological polar surface area (TPSA) is 14.7 Å². The lowest BCUT2D eigenvalue weighted by atomic mass is 10.0. The molecule has 0 bridgehead atoms. The highest BCUT2D eigenvalue weighted by Gasteiger charge is 2.27. The van der Waals surface area contributed by atoms with E-state index in [2.05, 4.69) is 75.7 Å². The molecule has 1 aromatic carbocycles. The summed E-state index contributed by atoms with van der Waals surface area (Å²) in [6.07, 6.45) is 3.26. The number of benzene rings is 1. The van der Waals surface area contributed by atoms with Crippen molar-refractivity contribution in [3.05, 3.63) is 71.2 Å². The predicted molar refractivity (Wildman–Crippen MR) is 110 cm³/mol. The molecule has 2 aliphatic rings. The van der Waals surface area contributed by atoms with Crippen molar-refractivity contribution in [2.75, 3.05) is 39.9 Å². The minimum Gasteiger partial charge on any atom is -0.365 e. The van der Waals surface area contributed by atoms with Gasteiger partial charge >= 0.3 is 0 Å². The van der Waals surface area contributed by atoms with Gasteiger partial charge in [0.2, 0.25) is 0 Å². The number of hydrogen-bond acceptors (Lipinski definition) is 3. The van der Waals surface area contributed by atoms with Crippen LogP contribution in [0.4, 0.5) is 0 Å². The average molecular weight is 361 g/mol. The van der Waals surface area contributed by atoms with E-state index >= 15 is 0 Å². The smallest absolute Gasteiger partial charge is 0.0707 e. The molecule has 4 nitrogen and oxygen atoms in total. The van der Waals surface area contributed by atoms with Crippen molar-refractivity contribution >= 4 is 0 Å². The molecule has 27 heavy (non-hydrogen) atoms. The van der Waals surface area contributed by atoms with E-state index in [1.807, 2.05) is 18.2 Å². The number of rotatable bonds is 3. The fourth-order valence-electron chi connectivity index (χ4n) is 4.09. The first-order chi connectivity index (χ1) is 13.2. The molecule has 0 unspecified atom stereocenters. The fourth-order valence-corrected chi connectivity index (χ4v) is 4.09. The van der Waals surface area contributed by atoms with Gasteiger partial charge in [0.1, 0.15) is 0 Å². The first kappa shape index (κ1) is 17.9. The maximum absolute atomic E-state index is 3.36. The zero-order chi connectivity index (χ0) is 18.6. The third-order valence-electron chi connectivity index (χ3n) is 5.52. The monoisotopic (exact) mass is 360 g/mol. The standard InChI is InChI=1S/C23H28N4/c1-24-13-7-11-22(24)18-27-17-21-16-26(15-12-23(21)25(2)19-27)14-6-10-20-8-4-3-5-9-20/h3-5,7-9,11,13H,12,14-19H2,1-2H3. The van der Waals surface area contributed by atoms with E-state index in [1.54, 1.807) is 11.3 Å². The molecule has 0 amide bonds. The van der Waals surface area contributed by atoms with E-state index in [-0.39, 0.29) is 0 Å². The van der Waals surface area contributed by atoms with Gasteiger partial charge < -0.3 is 9.47 Å². The van der Waals surface area contributed by atoms with Crippen molar-refractivity contribution in [2.24, 2.45) is 7.05 Å². The van der Waals surface area contributed by atoms with Crippen molar-refractivity contribution in [3.63, 3.8) is 0 Å². The zero-order valence-corrected chi connectivity index (χ0v) is 16.4. The van der Waals surface area contributed by atoms with Crippen molar-refractivity contribution in [3.8, 4) is 11.8 Å². The summed E-state index contributed by atoms with van der Waals surface area (Å²) in [5.74, 6) is 6.64. The van der Waals surface area contributed by atoms with Gasteiger partial charge in [0, 0.05) is 69.8 Å². The van der Waals surface area contributed by atoms with Crippen LogP contribution in [0, 0.1) is 11.8 Å². The molecule has 2 aromatic rings. The quantitative estimate of drug-likeness (QED) is 0.783. The van der Waals surface area contributed by atoms with E-state index in [9.17, 15) is 0 Å². The van der Waals surface area contributed by atoms with Gasteiger partial charge in [-0.3, -0.25) is 9.80 Å². The molecule has 3 heterocycles. The Bertz CT molecular complexity index is 869. The molecule has 0 spiro atoms. The van der Waals surface area contributed by atoms with Crippen molar-refractivity contribution in [1.29, 1.82) is 0 Å². The van der Waals surface area contributed by atoms with Gasteiger partial charge in [-0.1, -0.05) is 30.0 Å². The Morgan fingerprint density at radius 2 is 1.78 bits per heavy atom. The SMILES string of the molecule is CN1CN(Cc2cccn2C)CC2=C1CCN(CC#Cc1ccccc1)C2. The van der Waals surface area contributed by atoms with Crippen LogP contribution in [0.15, 0.2) is 59.9 Å². The Kier molecular flexibility index (Phi) is 5.33. The lowest BCUT2D eigenvalue weighted by molar-refractivity contribution is 0.135. The highest BCUT2D eigenvalue weighted by atomic mass is 15.3. The highest BCUT2D eigenvalue weighted by molar-refractivity contribution is 5.34. The van der Waals surface area contributed by atoms with Crippen molar-refractivity contribution < 1.29 is 0 Å². The lowest BCUT2D eigenvalue weighted by Crippen LogP contribution is -2.47. The van der Waals surface area contributed by atoms with Crippen LogP contribution in [0.2, 0.25) is 0 Å². The molecule has 0 saturated carbocycles. The first-order valence-electron chi connectivity index (χ1n) is 9.70. The van der Waals surface area contributed by atoms with Crippen molar-refractivity contribution in [2.45, 2.75) is 13.0 Å². The Hall–Kier alpha value is -2.48. The maximum Gasteiger partial charge on any atom is 0.0707 e. The minimum absolute atomic E-state index is 0.840. The molecular formula is C23H28N4. The second-order valence-electron chi connectivity index (χ2n) is 7.62. The molecule has 0 aliphatic carbocycles. The summed E-state index contributed by atoms with van der Waals surface area (Å²) >= 11 is 0. The van der Waals surface area contributed by atoms with Crippen LogP contribution >= 0.6 is 0 Å². The fraction of sp³-hybridized carbons (Fsp3) is 0.391. The molecule has 4 rings (SSSR count). The largest absolute Gasteiger partial charge is 0.365 e. The molecule has 0 saturated heterocycles. The van der Waals surface area contributed by atoms with Gasteiger partial charge in [0.05, 0.1) is 13.2 Å². The highest BCUT2D eigenvalue weighted by Crippen LogP contribution is 2.26. The number of nitrogens with zero attached hydrogens (tertiary/aromatic N) is 4. The first-order valence-corrected chi connectivity index (χ1v) is 9.70. The summed E-state index contributed by atoms with van der Waals surface area (Å²) in [6.45, 7) is 6.05. The summed E-state index contributed by atoms with van der Waals surface area (Å²) in [5.41, 5.74) is 5.57. The van der Waals surface area contributed by atoms with Crippen LogP contribution in [0.25, 0.3) is 0 Å². The molecule has 0 atom stereocenters. The van der Waals surface area contributed by atoms with Gasteiger partial charge in [-0.15, -0.1) is 0 Å². The summed E-state index contributed by atoms with van der Waals surface area (Å²) < 4.78 is 2.22. The van der Waals surface area contributed by atoms with Crippen LogP contribution in [0.3, 0.4) is 0 Å². The van der Waals surface area contributed by atoms with Gasteiger partial charge in [-0.2, -0.15) is 0 Å². The molecule has 2 aliphatic heterocycles. The molecule has 4 heteroatoms. The molecule has 0 fully saturated rings. The maximum atomic E-state index is 3.36. The average Bonchev–Trinajstić information content (AvgIpc) is 3.07. The van der Waals surface area contributed by atoms with Crippen LogP contribution in [-0.4, -0.2) is 59.2 Å². The van der Waals surface area contributed by atoms with Gasteiger partial charge in [0.15, 0.2) is 0 Å². The van der Waals surface area contributed by atoms with Gasteiger partial charge in [-0.05, 0) is 29.8 Å². The van der Waals surface area contributed by atoms with Crippen LogP contribution in [0.1, 0.15) is 17.7 Å². The van der Waals surface area contributed by atoms with Crippen LogP contribution in [-0.2, 0) is 13.6 Å². The Balaban J connectivity index is 1.39. The summed E-state index contributed by atoms with van der Waals surface area (Å²) in [5, 5.41) is 0.